The Morgan fingerprint density at radius 1 is 1.12 bits per heavy atom. The summed E-state index contributed by atoms with van der Waals surface area (Å²) in [5.41, 5.74) is 3.63. The number of ether oxygens (including phenoxy) is 1. The van der Waals surface area contributed by atoms with Crippen molar-refractivity contribution in [3.63, 3.8) is 0 Å². The van der Waals surface area contributed by atoms with Gasteiger partial charge >= 0.3 is 0 Å². The Labute approximate surface area is 145 Å². The zero-order chi connectivity index (χ0) is 17.4. The van der Waals surface area contributed by atoms with Crippen molar-refractivity contribution >= 4 is 5.91 Å². The fourth-order valence-corrected chi connectivity index (χ4v) is 2.65. The minimum atomic E-state index is -0.440. The summed E-state index contributed by atoms with van der Waals surface area (Å²) in [5, 5.41) is 2.99. The topological polar surface area (TPSA) is 38.3 Å². The molecule has 0 heterocycles. The van der Waals surface area contributed by atoms with Crippen molar-refractivity contribution in [3.05, 3.63) is 65.2 Å². The smallest absolute Gasteiger partial charge is 0.261 e. The summed E-state index contributed by atoms with van der Waals surface area (Å²) in [5.74, 6) is 0.740. The van der Waals surface area contributed by atoms with Crippen LogP contribution >= 0.6 is 0 Å². The van der Waals surface area contributed by atoms with E-state index in [2.05, 4.69) is 36.5 Å². The van der Waals surface area contributed by atoms with Crippen LogP contribution < -0.4 is 10.1 Å². The molecule has 0 aliphatic rings. The van der Waals surface area contributed by atoms with Crippen LogP contribution in [0.1, 0.15) is 36.5 Å². The van der Waals surface area contributed by atoms with Gasteiger partial charge in [-0.15, -0.1) is 0 Å². The lowest BCUT2D eigenvalue weighted by Crippen LogP contribution is -2.38. The fourth-order valence-electron chi connectivity index (χ4n) is 2.65. The quantitative estimate of drug-likeness (QED) is 0.738. The molecule has 0 saturated heterocycles. The Bertz CT molecular complexity index is 666. The number of para-hydroxylation sites is 1. The molecule has 2 rings (SSSR count). The van der Waals surface area contributed by atoms with Crippen LogP contribution in [0.3, 0.4) is 0 Å². The van der Waals surface area contributed by atoms with E-state index in [1.54, 1.807) is 0 Å². The minimum absolute atomic E-state index is 0.0370. The standard InChI is InChI=1S/C21H27NO2/c1-4-19(24-20-13-6-5-10-17(20)3)21(23)22-14-8-12-18-11-7-9-16(2)15-18/h5-7,9-11,13,15,19H,4,8,12,14H2,1-3H3,(H,22,23)/t19-/m0/s1. The second-order valence-corrected chi connectivity index (χ2v) is 6.16. The van der Waals surface area contributed by atoms with E-state index >= 15 is 0 Å². The van der Waals surface area contributed by atoms with Crippen LogP contribution in [0, 0.1) is 13.8 Å². The summed E-state index contributed by atoms with van der Waals surface area (Å²) in [4.78, 5) is 12.3. The second-order valence-electron chi connectivity index (χ2n) is 6.16. The van der Waals surface area contributed by atoms with Crippen molar-refractivity contribution < 1.29 is 9.53 Å². The molecule has 0 aromatic heterocycles. The molecule has 1 amide bonds. The first-order valence-electron chi connectivity index (χ1n) is 8.65. The van der Waals surface area contributed by atoms with Crippen LogP contribution in [0.4, 0.5) is 0 Å². The van der Waals surface area contributed by atoms with Crippen LogP contribution in [-0.2, 0) is 11.2 Å². The van der Waals surface area contributed by atoms with Gasteiger partial charge in [0.25, 0.3) is 5.91 Å². The summed E-state index contributed by atoms with van der Waals surface area (Å²) in [6, 6.07) is 16.3. The highest BCUT2D eigenvalue weighted by molar-refractivity contribution is 5.81. The molecule has 1 atom stereocenters. The SMILES string of the molecule is CC[C@H](Oc1ccccc1C)C(=O)NCCCc1cccc(C)c1. The van der Waals surface area contributed by atoms with Crippen LogP contribution in [0.15, 0.2) is 48.5 Å². The third-order valence-electron chi connectivity index (χ3n) is 4.05. The van der Waals surface area contributed by atoms with Crippen molar-refractivity contribution in [1.82, 2.24) is 5.32 Å². The Morgan fingerprint density at radius 2 is 1.92 bits per heavy atom. The highest BCUT2D eigenvalue weighted by Crippen LogP contribution is 2.18. The molecule has 0 radical (unpaired) electrons. The molecular weight excluding hydrogens is 298 g/mol. The Kier molecular flexibility index (Phi) is 6.86. The van der Waals surface area contributed by atoms with Gasteiger partial charge in [0.1, 0.15) is 5.75 Å². The predicted octanol–water partition coefficient (Wildman–Crippen LogP) is 4.21. The first-order chi connectivity index (χ1) is 11.6. The highest BCUT2D eigenvalue weighted by Gasteiger charge is 2.18. The molecule has 0 bridgehead atoms. The monoisotopic (exact) mass is 325 g/mol. The van der Waals surface area contributed by atoms with Crippen LogP contribution in [0.2, 0.25) is 0 Å². The predicted molar refractivity (Wildman–Crippen MR) is 98.4 cm³/mol. The molecule has 1 N–H and O–H groups in total. The first-order valence-corrected chi connectivity index (χ1v) is 8.65. The normalized spacial score (nSPS) is 11.8. The molecule has 0 aliphatic carbocycles. The van der Waals surface area contributed by atoms with Crippen molar-refractivity contribution in [2.75, 3.05) is 6.54 Å². The maximum atomic E-state index is 12.3. The van der Waals surface area contributed by atoms with Gasteiger partial charge in [-0.1, -0.05) is 55.0 Å². The summed E-state index contributed by atoms with van der Waals surface area (Å²) >= 11 is 0. The van der Waals surface area contributed by atoms with E-state index in [1.165, 1.54) is 11.1 Å². The van der Waals surface area contributed by atoms with Crippen LogP contribution in [-0.4, -0.2) is 18.6 Å². The van der Waals surface area contributed by atoms with E-state index in [0.717, 1.165) is 24.2 Å². The molecule has 128 valence electrons. The van der Waals surface area contributed by atoms with Gasteiger partial charge < -0.3 is 10.1 Å². The zero-order valence-corrected chi connectivity index (χ0v) is 14.8. The number of carbonyl (C=O) groups excluding carboxylic acids is 1. The third kappa shape index (κ3) is 5.41. The molecule has 2 aromatic carbocycles. The molecule has 3 heteroatoms. The van der Waals surface area contributed by atoms with E-state index in [0.29, 0.717) is 13.0 Å². The van der Waals surface area contributed by atoms with Gasteiger partial charge in [0, 0.05) is 6.54 Å². The largest absolute Gasteiger partial charge is 0.480 e. The summed E-state index contributed by atoms with van der Waals surface area (Å²) in [7, 11) is 0. The fraction of sp³-hybridized carbons (Fsp3) is 0.381. The van der Waals surface area contributed by atoms with Crippen molar-refractivity contribution in [2.24, 2.45) is 0 Å². The molecule has 0 unspecified atom stereocenters. The van der Waals surface area contributed by atoms with Gasteiger partial charge in [-0.2, -0.15) is 0 Å². The number of aryl methyl sites for hydroxylation is 3. The number of amides is 1. The minimum Gasteiger partial charge on any atom is -0.480 e. The lowest BCUT2D eigenvalue weighted by atomic mass is 10.1. The van der Waals surface area contributed by atoms with E-state index in [9.17, 15) is 4.79 Å². The average molecular weight is 325 g/mol. The molecule has 24 heavy (non-hydrogen) atoms. The van der Waals surface area contributed by atoms with Gasteiger partial charge in [0.15, 0.2) is 6.10 Å². The number of nitrogens with one attached hydrogen (secondary N) is 1. The summed E-state index contributed by atoms with van der Waals surface area (Å²) < 4.78 is 5.88. The van der Waals surface area contributed by atoms with Gasteiger partial charge in [-0.05, 0) is 50.3 Å². The lowest BCUT2D eigenvalue weighted by Gasteiger charge is -2.18. The molecule has 3 nitrogen and oxygen atoms in total. The average Bonchev–Trinajstić information content (AvgIpc) is 2.58. The maximum absolute atomic E-state index is 12.3. The van der Waals surface area contributed by atoms with Gasteiger partial charge in [-0.25, -0.2) is 0 Å². The highest BCUT2D eigenvalue weighted by atomic mass is 16.5. The molecule has 0 saturated carbocycles. The van der Waals surface area contributed by atoms with Crippen molar-refractivity contribution in [1.29, 1.82) is 0 Å². The number of hydrogen-bond acceptors (Lipinski definition) is 2. The van der Waals surface area contributed by atoms with E-state index in [-0.39, 0.29) is 5.91 Å². The number of benzene rings is 2. The first kappa shape index (κ1) is 18.1. The van der Waals surface area contributed by atoms with Crippen LogP contribution in [0.25, 0.3) is 0 Å². The van der Waals surface area contributed by atoms with Gasteiger partial charge in [0.2, 0.25) is 0 Å². The lowest BCUT2D eigenvalue weighted by molar-refractivity contribution is -0.128. The number of rotatable bonds is 8. The Hall–Kier alpha value is -2.29. The van der Waals surface area contributed by atoms with Gasteiger partial charge in [-0.3, -0.25) is 4.79 Å². The van der Waals surface area contributed by atoms with Crippen LogP contribution in [0.5, 0.6) is 5.75 Å². The second kappa shape index (κ2) is 9.11. The van der Waals surface area contributed by atoms with E-state index < -0.39 is 6.10 Å². The molecule has 0 fully saturated rings. The van der Waals surface area contributed by atoms with Crippen molar-refractivity contribution in [3.8, 4) is 5.75 Å². The molecule has 0 aliphatic heterocycles. The maximum Gasteiger partial charge on any atom is 0.261 e. The Morgan fingerprint density at radius 3 is 2.62 bits per heavy atom. The zero-order valence-electron chi connectivity index (χ0n) is 14.8. The van der Waals surface area contributed by atoms with Crippen molar-refractivity contribution in [2.45, 2.75) is 46.1 Å². The Balaban J connectivity index is 1.78. The van der Waals surface area contributed by atoms with Gasteiger partial charge in [0.05, 0.1) is 0 Å². The molecular formula is C21H27NO2. The number of hydrogen-bond donors (Lipinski definition) is 1. The molecule has 0 spiro atoms. The third-order valence-corrected chi connectivity index (χ3v) is 4.05. The number of carbonyl (C=O) groups is 1. The molecule has 2 aromatic rings. The van der Waals surface area contributed by atoms with E-state index in [1.807, 2.05) is 38.1 Å². The van der Waals surface area contributed by atoms with E-state index in [4.69, 9.17) is 4.74 Å². The summed E-state index contributed by atoms with van der Waals surface area (Å²) in [6.07, 6.45) is 2.11. The summed E-state index contributed by atoms with van der Waals surface area (Å²) in [6.45, 7) is 6.72.